The molecule has 1 aromatic carbocycles. The van der Waals surface area contributed by atoms with Gasteiger partial charge >= 0.3 is 5.69 Å². The Morgan fingerprint density at radius 1 is 1.47 bits per heavy atom. The van der Waals surface area contributed by atoms with E-state index in [4.69, 9.17) is 21.1 Å². The topological polar surface area (TPSA) is 61.6 Å². The van der Waals surface area contributed by atoms with Crippen LogP contribution in [0, 0.1) is 15.5 Å². The molecule has 0 spiro atoms. The van der Waals surface area contributed by atoms with E-state index in [0.717, 1.165) is 6.42 Å². The van der Waals surface area contributed by atoms with Crippen LogP contribution in [0.2, 0.25) is 0 Å². The van der Waals surface area contributed by atoms with E-state index in [2.05, 4.69) is 0 Å². The van der Waals surface area contributed by atoms with E-state index in [1.807, 2.05) is 13.8 Å². The molecule has 0 aliphatic heterocycles. The molecule has 0 N–H and O–H groups in total. The van der Waals surface area contributed by atoms with E-state index < -0.39 is 4.92 Å². The van der Waals surface area contributed by atoms with Gasteiger partial charge in [0.1, 0.15) is 11.9 Å². The average molecular weight is 286 g/mol. The van der Waals surface area contributed by atoms with Crippen LogP contribution in [0.25, 0.3) is 0 Å². The van der Waals surface area contributed by atoms with Crippen molar-refractivity contribution in [1.82, 2.24) is 0 Å². The molecule has 0 radical (unpaired) electrons. The summed E-state index contributed by atoms with van der Waals surface area (Å²) in [5, 5.41) is 11.0. The molecule has 104 valence electrons. The lowest BCUT2D eigenvalue weighted by molar-refractivity contribution is -0.385. The molecule has 5 nitrogen and oxygen atoms in total. The normalized spacial score (nSPS) is 24.4. The van der Waals surface area contributed by atoms with Crippen LogP contribution in [0.15, 0.2) is 18.2 Å². The first-order valence-corrected chi connectivity index (χ1v) is 6.43. The van der Waals surface area contributed by atoms with Crippen molar-refractivity contribution >= 4 is 17.3 Å². The molecular weight excluding hydrogens is 270 g/mol. The number of rotatable bonds is 4. The maximum atomic E-state index is 10.9. The zero-order chi connectivity index (χ0) is 14.2. The van der Waals surface area contributed by atoms with Crippen LogP contribution in [0.5, 0.6) is 11.5 Å². The highest BCUT2D eigenvalue weighted by atomic mass is 35.5. The van der Waals surface area contributed by atoms with Gasteiger partial charge in [0.2, 0.25) is 0 Å². The number of benzene rings is 1. The van der Waals surface area contributed by atoms with E-state index >= 15 is 0 Å². The highest BCUT2D eigenvalue weighted by Gasteiger charge is 2.49. The van der Waals surface area contributed by atoms with Crippen molar-refractivity contribution in [2.45, 2.75) is 31.7 Å². The second-order valence-electron chi connectivity index (χ2n) is 5.22. The summed E-state index contributed by atoms with van der Waals surface area (Å²) in [7, 11) is 1.40. The Kier molecular flexibility index (Phi) is 3.58. The van der Waals surface area contributed by atoms with Crippen molar-refractivity contribution in [3.63, 3.8) is 0 Å². The number of halogens is 1. The molecule has 0 bridgehead atoms. The Morgan fingerprint density at radius 3 is 2.63 bits per heavy atom. The van der Waals surface area contributed by atoms with Crippen LogP contribution in [-0.2, 0) is 0 Å². The summed E-state index contributed by atoms with van der Waals surface area (Å²) in [4.78, 5) is 10.4. The minimum absolute atomic E-state index is 0.0250. The molecule has 1 aromatic rings. The summed E-state index contributed by atoms with van der Waals surface area (Å²) in [5.74, 6) is 0.689. The van der Waals surface area contributed by atoms with Crippen LogP contribution < -0.4 is 9.47 Å². The van der Waals surface area contributed by atoms with Gasteiger partial charge in [-0.15, -0.1) is 11.6 Å². The Bertz CT molecular complexity index is 503. The molecule has 2 atom stereocenters. The van der Waals surface area contributed by atoms with Crippen molar-refractivity contribution < 1.29 is 14.4 Å². The molecule has 2 unspecified atom stereocenters. The quantitative estimate of drug-likeness (QED) is 0.483. The summed E-state index contributed by atoms with van der Waals surface area (Å²) in [5.41, 5.74) is -0.226. The van der Waals surface area contributed by atoms with Gasteiger partial charge in [0.15, 0.2) is 5.75 Å². The first kappa shape index (κ1) is 13.9. The SMILES string of the molecule is COc1ccc(OC2CC(Cl)C2(C)C)cc1[N+](=O)[O-]. The number of nitro groups is 1. The molecule has 1 saturated carbocycles. The number of alkyl halides is 1. The molecule has 6 heteroatoms. The van der Waals surface area contributed by atoms with Gasteiger partial charge in [0.25, 0.3) is 0 Å². The third kappa shape index (κ3) is 2.47. The first-order valence-electron chi connectivity index (χ1n) is 5.99. The smallest absolute Gasteiger partial charge is 0.314 e. The fourth-order valence-corrected chi connectivity index (χ4v) is 2.39. The first-order chi connectivity index (χ1) is 8.86. The van der Waals surface area contributed by atoms with Gasteiger partial charge in [0, 0.05) is 17.2 Å². The zero-order valence-electron chi connectivity index (χ0n) is 11.1. The molecule has 0 amide bonds. The summed E-state index contributed by atoms with van der Waals surface area (Å²) in [6, 6.07) is 4.59. The van der Waals surface area contributed by atoms with Crippen LogP contribution >= 0.6 is 11.6 Å². The molecule has 0 saturated heterocycles. The highest BCUT2D eigenvalue weighted by Crippen LogP contribution is 2.46. The average Bonchev–Trinajstić information content (AvgIpc) is 2.38. The zero-order valence-corrected chi connectivity index (χ0v) is 11.8. The van der Waals surface area contributed by atoms with Crippen molar-refractivity contribution in [2.24, 2.45) is 5.41 Å². The number of hydrogen-bond donors (Lipinski definition) is 0. The van der Waals surface area contributed by atoms with Crippen molar-refractivity contribution in [1.29, 1.82) is 0 Å². The standard InChI is InChI=1S/C13H16ClNO4/c1-13(2)11(14)7-12(13)19-8-4-5-10(18-3)9(6-8)15(16)17/h4-6,11-12H,7H2,1-3H3. The van der Waals surface area contributed by atoms with Crippen molar-refractivity contribution in [3.05, 3.63) is 28.3 Å². The Balaban J connectivity index is 2.18. The number of methoxy groups -OCH3 is 1. The fourth-order valence-electron chi connectivity index (χ4n) is 2.09. The van der Waals surface area contributed by atoms with E-state index in [-0.39, 0.29) is 28.3 Å². The molecule has 19 heavy (non-hydrogen) atoms. The fraction of sp³-hybridized carbons (Fsp3) is 0.538. The maximum absolute atomic E-state index is 10.9. The molecule has 0 aromatic heterocycles. The number of ether oxygens (including phenoxy) is 2. The van der Waals surface area contributed by atoms with E-state index in [9.17, 15) is 10.1 Å². The lowest BCUT2D eigenvalue weighted by Crippen LogP contribution is -2.53. The lowest BCUT2D eigenvalue weighted by Gasteiger charge is -2.48. The van der Waals surface area contributed by atoms with Crippen molar-refractivity contribution in [3.8, 4) is 11.5 Å². The van der Waals surface area contributed by atoms with Gasteiger partial charge in [-0.3, -0.25) is 10.1 Å². The molecule has 0 heterocycles. The number of hydrogen-bond acceptors (Lipinski definition) is 4. The third-order valence-corrected chi connectivity index (χ3v) is 4.42. The minimum atomic E-state index is -0.484. The molecular formula is C13H16ClNO4. The monoisotopic (exact) mass is 285 g/mol. The molecule has 1 aliphatic rings. The largest absolute Gasteiger partial charge is 0.490 e. The van der Waals surface area contributed by atoms with E-state index in [1.54, 1.807) is 6.07 Å². The van der Waals surface area contributed by atoms with Crippen LogP contribution in [0.4, 0.5) is 5.69 Å². The van der Waals surface area contributed by atoms with E-state index in [1.165, 1.54) is 19.2 Å². The Morgan fingerprint density at radius 2 is 2.16 bits per heavy atom. The summed E-state index contributed by atoms with van der Waals surface area (Å²) < 4.78 is 10.7. The van der Waals surface area contributed by atoms with Gasteiger partial charge < -0.3 is 9.47 Å². The predicted molar refractivity (Wildman–Crippen MR) is 72.1 cm³/mol. The second-order valence-corrected chi connectivity index (χ2v) is 5.75. The van der Waals surface area contributed by atoms with Gasteiger partial charge in [-0.2, -0.15) is 0 Å². The van der Waals surface area contributed by atoms with Gasteiger partial charge in [-0.1, -0.05) is 13.8 Å². The molecule has 1 aliphatic carbocycles. The van der Waals surface area contributed by atoms with Crippen LogP contribution in [0.3, 0.4) is 0 Å². The third-order valence-electron chi connectivity index (χ3n) is 3.68. The second kappa shape index (κ2) is 4.89. The molecule has 2 rings (SSSR count). The number of nitrogens with zero attached hydrogens (tertiary/aromatic N) is 1. The summed E-state index contributed by atoms with van der Waals surface area (Å²) >= 11 is 6.12. The lowest BCUT2D eigenvalue weighted by atomic mass is 9.68. The highest BCUT2D eigenvalue weighted by molar-refractivity contribution is 6.21. The van der Waals surface area contributed by atoms with Crippen LogP contribution in [0.1, 0.15) is 20.3 Å². The van der Waals surface area contributed by atoms with Gasteiger partial charge in [-0.05, 0) is 12.1 Å². The summed E-state index contributed by atoms with van der Waals surface area (Å²) in [6.07, 6.45) is 0.719. The van der Waals surface area contributed by atoms with Crippen molar-refractivity contribution in [2.75, 3.05) is 7.11 Å². The minimum Gasteiger partial charge on any atom is -0.490 e. The predicted octanol–water partition coefficient (Wildman–Crippen LogP) is 3.39. The van der Waals surface area contributed by atoms with Gasteiger partial charge in [-0.25, -0.2) is 0 Å². The van der Waals surface area contributed by atoms with Crippen LogP contribution in [-0.4, -0.2) is 23.5 Å². The molecule has 1 fully saturated rings. The summed E-state index contributed by atoms with van der Waals surface area (Å²) in [6.45, 7) is 4.05. The number of nitro benzene ring substituents is 1. The maximum Gasteiger partial charge on any atom is 0.314 e. The Labute approximate surface area is 116 Å². The van der Waals surface area contributed by atoms with E-state index in [0.29, 0.717) is 5.75 Å². The Hall–Kier alpha value is -1.49. The van der Waals surface area contributed by atoms with Gasteiger partial charge in [0.05, 0.1) is 18.1 Å².